The van der Waals surface area contributed by atoms with Crippen LogP contribution in [0.2, 0.25) is 0 Å². The Balaban J connectivity index is 1.36. The van der Waals surface area contributed by atoms with Gasteiger partial charge in [0.25, 0.3) is 0 Å². The summed E-state index contributed by atoms with van der Waals surface area (Å²) < 4.78 is 6.12. The number of anilines is 5. The van der Waals surface area contributed by atoms with Crippen molar-refractivity contribution in [1.82, 2.24) is 0 Å². The van der Waals surface area contributed by atoms with Gasteiger partial charge in [-0.05, 0) is 85.8 Å². The minimum atomic E-state index is -0.0832. The molecule has 0 atom stereocenters. The molecule has 0 radical (unpaired) electrons. The van der Waals surface area contributed by atoms with Gasteiger partial charge >= 0.3 is 0 Å². The second-order valence-corrected chi connectivity index (χ2v) is 11.8. The van der Waals surface area contributed by atoms with E-state index >= 15 is 0 Å². The first-order valence-corrected chi connectivity index (χ1v) is 14.2. The van der Waals surface area contributed by atoms with Crippen LogP contribution < -0.4 is 9.80 Å². The van der Waals surface area contributed by atoms with E-state index in [9.17, 15) is 0 Å². The quantitative estimate of drug-likeness (QED) is 0.222. The van der Waals surface area contributed by atoms with Crippen LogP contribution in [0, 0.1) is 0 Å². The molecule has 0 bridgehead atoms. The molecule has 0 aliphatic carbocycles. The first-order chi connectivity index (χ1) is 20.0. The van der Waals surface area contributed by atoms with Gasteiger partial charge in [-0.2, -0.15) is 0 Å². The smallest absolute Gasteiger partial charge is 0.135 e. The zero-order chi connectivity index (χ0) is 27.7. The molecule has 1 aromatic heterocycles. The van der Waals surface area contributed by atoms with E-state index < -0.39 is 0 Å². The van der Waals surface area contributed by atoms with Crippen LogP contribution in [0.3, 0.4) is 0 Å². The first-order valence-electron chi connectivity index (χ1n) is 14.2. The summed E-state index contributed by atoms with van der Waals surface area (Å²) in [7, 11) is 0. The normalized spacial score (nSPS) is 13.1. The Morgan fingerprint density at radius 2 is 1.02 bits per heavy atom. The Labute approximate surface area is 239 Å². The fraction of sp³-hybridized carbons (Fsp3) is 0.105. The fourth-order valence-electron chi connectivity index (χ4n) is 6.55. The Bertz CT molecular complexity index is 2070. The summed E-state index contributed by atoms with van der Waals surface area (Å²) in [4.78, 5) is 4.90. The number of benzene rings is 6. The van der Waals surface area contributed by atoms with Gasteiger partial charge in [0.05, 0.1) is 28.4 Å². The summed E-state index contributed by atoms with van der Waals surface area (Å²) in [5.41, 5.74) is 10.1. The highest BCUT2D eigenvalue weighted by Crippen LogP contribution is 2.54. The van der Waals surface area contributed by atoms with Crippen LogP contribution in [0.4, 0.5) is 28.4 Å². The number of furan rings is 1. The molecule has 0 saturated carbocycles. The summed E-state index contributed by atoms with van der Waals surface area (Å²) in [6.07, 6.45) is 0. The van der Waals surface area contributed by atoms with Gasteiger partial charge < -0.3 is 14.2 Å². The zero-order valence-corrected chi connectivity index (χ0v) is 23.4. The third-order valence-electron chi connectivity index (χ3n) is 8.23. The molecule has 1 aliphatic rings. The lowest BCUT2D eigenvalue weighted by Crippen LogP contribution is -2.41. The van der Waals surface area contributed by atoms with E-state index in [0.717, 1.165) is 21.9 Å². The van der Waals surface area contributed by atoms with Crippen molar-refractivity contribution in [2.45, 2.75) is 26.3 Å². The van der Waals surface area contributed by atoms with Crippen molar-refractivity contribution in [3.63, 3.8) is 0 Å². The molecule has 0 amide bonds. The van der Waals surface area contributed by atoms with Crippen LogP contribution in [-0.2, 0) is 0 Å². The van der Waals surface area contributed by atoms with Gasteiger partial charge in [-0.3, -0.25) is 0 Å². The summed E-state index contributed by atoms with van der Waals surface area (Å²) in [6, 6.07) is 45.7. The lowest BCUT2D eigenvalue weighted by molar-refractivity contribution is 0.559. The van der Waals surface area contributed by atoms with Crippen LogP contribution in [0.5, 0.6) is 0 Å². The molecule has 0 saturated heterocycles. The maximum absolute atomic E-state index is 6.12. The molecule has 3 heteroatoms. The van der Waals surface area contributed by atoms with Crippen LogP contribution >= 0.6 is 0 Å². The van der Waals surface area contributed by atoms with Crippen molar-refractivity contribution < 1.29 is 4.42 Å². The monoisotopic (exact) mass is 530 g/mol. The number of hydrogen-bond acceptors (Lipinski definition) is 3. The van der Waals surface area contributed by atoms with E-state index in [1.54, 1.807) is 0 Å². The molecular formula is C38H30N2O. The predicted octanol–water partition coefficient (Wildman–Crippen LogP) is 11.1. The van der Waals surface area contributed by atoms with E-state index in [1.165, 1.54) is 50.3 Å². The Hall–Kier alpha value is -5.02. The van der Waals surface area contributed by atoms with Crippen molar-refractivity contribution in [3.05, 3.63) is 127 Å². The van der Waals surface area contributed by atoms with Crippen molar-refractivity contribution in [2.24, 2.45) is 0 Å². The lowest BCUT2D eigenvalue weighted by atomic mass is 9.94. The van der Waals surface area contributed by atoms with Gasteiger partial charge in [-0.25, -0.2) is 0 Å². The highest BCUT2D eigenvalue weighted by Gasteiger charge is 2.35. The maximum atomic E-state index is 6.12. The molecule has 3 nitrogen and oxygen atoms in total. The number of rotatable bonds is 2. The van der Waals surface area contributed by atoms with Crippen LogP contribution in [-0.4, -0.2) is 5.54 Å². The highest BCUT2D eigenvalue weighted by molar-refractivity contribution is 6.11. The molecule has 1 aliphatic heterocycles. The second-order valence-electron chi connectivity index (χ2n) is 11.8. The molecule has 7 aromatic rings. The molecule has 0 spiro atoms. The maximum Gasteiger partial charge on any atom is 0.135 e. The minimum Gasteiger partial charge on any atom is -0.456 e. The van der Waals surface area contributed by atoms with E-state index in [-0.39, 0.29) is 5.54 Å². The standard InChI is InChI=1S/C38H30N2O/c1-38(2,3)40-34-17-9-7-15-32(34)39(33-16-8-10-18-35(33)40)31-22-21-26(27-12-4-5-13-28(27)31)25-20-23-37-30(24-25)29-14-6-11-19-36(29)41-37/h4-24H,1-3H3. The molecule has 0 fully saturated rings. The van der Waals surface area contributed by atoms with E-state index in [2.05, 4.69) is 146 Å². The summed E-state index contributed by atoms with van der Waals surface area (Å²) in [5.74, 6) is 0. The average Bonchev–Trinajstić information content (AvgIpc) is 3.37. The fourth-order valence-corrected chi connectivity index (χ4v) is 6.55. The Morgan fingerprint density at radius 3 is 1.71 bits per heavy atom. The predicted molar refractivity (Wildman–Crippen MR) is 173 cm³/mol. The van der Waals surface area contributed by atoms with Crippen LogP contribution in [0.25, 0.3) is 43.8 Å². The lowest BCUT2D eigenvalue weighted by Gasteiger charge is -2.46. The number of fused-ring (bicyclic) bond motifs is 6. The van der Waals surface area contributed by atoms with Gasteiger partial charge in [0.15, 0.2) is 0 Å². The van der Waals surface area contributed by atoms with Gasteiger partial charge in [0.1, 0.15) is 11.2 Å². The average molecular weight is 531 g/mol. The van der Waals surface area contributed by atoms with Gasteiger partial charge in [0.2, 0.25) is 0 Å². The van der Waals surface area contributed by atoms with E-state index in [1.807, 2.05) is 12.1 Å². The molecule has 8 rings (SSSR count). The van der Waals surface area contributed by atoms with Gasteiger partial charge in [-0.1, -0.05) is 78.9 Å². The van der Waals surface area contributed by atoms with E-state index in [4.69, 9.17) is 4.42 Å². The molecule has 41 heavy (non-hydrogen) atoms. The summed E-state index contributed by atoms with van der Waals surface area (Å²) in [6.45, 7) is 6.83. The molecular weight excluding hydrogens is 500 g/mol. The Morgan fingerprint density at radius 1 is 0.463 bits per heavy atom. The minimum absolute atomic E-state index is 0.0832. The summed E-state index contributed by atoms with van der Waals surface area (Å²) >= 11 is 0. The molecule has 198 valence electrons. The highest BCUT2D eigenvalue weighted by atomic mass is 16.3. The van der Waals surface area contributed by atoms with Crippen molar-refractivity contribution >= 4 is 61.1 Å². The third kappa shape index (κ3) is 3.59. The second kappa shape index (κ2) is 8.74. The number of para-hydroxylation sites is 5. The number of hydrogen-bond donors (Lipinski definition) is 0. The molecule has 6 aromatic carbocycles. The van der Waals surface area contributed by atoms with E-state index in [0.29, 0.717) is 0 Å². The van der Waals surface area contributed by atoms with Crippen molar-refractivity contribution in [1.29, 1.82) is 0 Å². The first kappa shape index (κ1) is 23.8. The van der Waals surface area contributed by atoms with Crippen molar-refractivity contribution in [2.75, 3.05) is 9.80 Å². The van der Waals surface area contributed by atoms with Crippen molar-refractivity contribution in [3.8, 4) is 11.1 Å². The van der Waals surface area contributed by atoms with Gasteiger partial charge in [-0.15, -0.1) is 0 Å². The largest absolute Gasteiger partial charge is 0.456 e. The van der Waals surface area contributed by atoms with Crippen LogP contribution in [0.1, 0.15) is 20.8 Å². The summed E-state index contributed by atoms with van der Waals surface area (Å²) in [5, 5.41) is 4.74. The SMILES string of the molecule is CC(C)(C)N1c2ccccc2N(c2ccc(-c3ccc4oc5ccccc5c4c3)c3ccccc23)c2ccccc21. The molecule has 0 unspecified atom stereocenters. The zero-order valence-electron chi connectivity index (χ0n) is 23.4. The Kier molecular flexibility index (Phi) is 5.08. The van der Waals surface area contributed by atoms with Crippen LogP contribution in [0.15, 0.2) is 132 Å². The van der Waals surface area contributed by atoms with Gasteiger partial charge in [0, 0.05) is 21.7 Å². The number of nitrogens with zero attached hydrogens (tertiary/aromatic N) is 2. The molecule has 0 N–H and O–H groups in total. The third-order valence-corrected chi connectivity index (χ3v) is 8.23. The topological polar surface area (TPSA) is 19.6 Å². The molecule has 2 heterocycles.